The molecule has 34 heavy (non-hydrogen) atoms. The number of hydroxylamine groups is 1. The fourth-order valence-corrected chi connectivity index (χ4v) is 4.92. The van der Waals surface area contributed by atoms with Crippen LogP contribution in [0.5, 0.6) is 0 Å². The maximum atomic E-state index is 13.1. The number of aryl methyl sites for hydroxylation is 2. The van der Waals surface area contributed by atoms with Crippen molar-refractivity contribution in [3.63, 3.8) is 0 Å². The Hall–Kier alpha value is -3.30. The summed E-state index contributed by atoms with van der Waals surface area (Å²) in [6, 6.07) is 6.25. The molecule has 2 N–H and O–H groups in total. The molecule has 1 aliphatic carbocycles. The van der Waals surface area contributed by atoms with Gasteiger partial charge in [0.25, 0.3) is 5.91 Å². The van der Waals surface area contributed by atoms with Crippen LogP contribution in [0.3, 0.4) is 0 Å². The molecule has 178 valence electrons. The molecule has 0 atom stereocenters. The second-order valence-electron chi connectivity index (χ2n) is 8.94. The van der Waals surface area contributed by atoms with Gasteiger partial charge in [0, 0.05) is 31.2 Å². The largest absolute Gasteiger partial charge is 0.353 e. The Labute approximate surface area is 198 Å². The van der Waals surface area contributed by atoms with E-state index in [0.29, 0.717) is 11.6 Å². The molecule has 0 spiro atoms. The molecule has 1 amide bonds. The normalized spacial score (nSPS) is 15.9. The number of hydrogen-bond acceptors (Lipinski definition) is 7. The van der Waals surface area contributed by atoms with Gasteiger partial charge < -0.3 is 14.8 Å². The fraction of sp³-hybridized carbons (Fsp3) is 0.440. The van der Waals surface area contributed by atoms with Crippen LogP contribution in [0.4, 0.5) is 5.95 Å². The molecule has 1 saturated heterocycles. The molecule has 2 aromatic heterocycles. The maximum Gasteiger partial charge on any atom is 0.280 e. The van der Waals surface area contributed by atoms with Gasteiger partial charge in [0.1, 0.15) is 5.56 Å². The van der Waals surface area contributed by atoms with Crippen molar-refractivity contribution in [1.82, 2.24) is 24.9 Å². The summed E-state index contributed by atoms with van der Waals surface area (Å²) >= 11 is 0. The SMILES string of the molecule is CONC(=O)c1cn(-c2ccc3c(c2)CCC3)c2nc(NCCN3CCCCC3)ncc2c1=O. The first-order valence-corrected chi connectivity index (χ1v) is 12.0. The molecule has 9 heteroatoms. The lowest BCUT2D eigenvalue weighted by Crippen LogP contribution is -2.34. The average Bonchev–Trinajstić information content (AvgIpc) is 3.33. The average molecular weight is 463 g/mol. The third-order valence-corrected chi connectivity index (χ3v) is 6.70. The predicted octanol–water partition coefficient (Wildman–Crippen LogP) is 2.46. The van der Waals surface area contributed by atoms with Crippen molar-refractivity contribution in [2.24, 2.45) is 0 Å². The number of likely N-dealkylation sites (tertiary alicyclic amines) is 1. The number of pyridine rings is 1. The van der Waals surface area contributed by atoms with Crippen LogP contribution in [-0.4, -0.2) is 58.6 Å². The zero-order valence-electron chi connectivity index (χ0n) is 19.5. The second-order valence-corrected chi connectivity index (χ2v) is 8.94. The molecule has 1 aliphatic heterocycles. The number of carbonyl (C=O) groups excluding carboxylic acids is 1. The topological polar surface area (TPSA) is 101 Å². The van der Waals surface area contributed by atoms with Gasteiger partial charge in [-0.25, -0.2) is 10.5 Å². The Balaban J connectivity index is 1.52. The van der Waals surface area contributed by atoms with Gasteiger partial charge in [0.15, 0.2) is 5.65 Å². The van der Waals surface area contributed by atoms with Gasteiger partial charge >= 0.3 is 0 Å². The molecule has 2 aliphatic rings. The van der Waals surface area contributed by atoms with Gasteiger partial charge in [0.2, 0.25) is 11.4 Å². The molecule has 0 unspecified atom stereocenters. The van der Waals surface area contributed by atoms with E-state index in [0.717, 1.165) is 51.1 Å². The van der Waals surface area contributed by atoms with Gasteiger partial charge in [-0.1, -0.05) is 12.5 Å². The number of nitrogens with zero attached hydrogens (tertiary/aromatic N) is 4. The van der Waals surface area contributed by atoms with Gasteiger partial charge in [-0.05, 0) is 68.5 Å². The molecule has 9 nitrogen and oxygen atoms in total. The van der Waals surface area contributed by atoms with Crippen LogP contribution >= 0.6 is 0 Å². The van der Waals surface area contributed by atoms with Crippen molar-refractivity contribution in [2.45, 2.75) is 38.5 Å². The van der Waals surface area contributed by atoms with E-state index in [1.165, 1.54) is 43.7 Å². The van der Waals surface area contributed by atoms with Crippen molar-refractivity contribution in [3.8, 4) is 5.69 Å². The summed E-state index contributed by atoms with van der Waals surface area (Å²) < 4.78 is 1.80. The predicted molar refractivity (Wildman–Crippen MR) is 130 cm³/mol. The summed E-state index contributed by atoms with van der Waals surface area (Å²) in [7, 11) is 1.34. The van der Waals surface area contributed by atoms with Crippen molar-refractivity contribution >= 4 is 22.9 Å². The van der Waals surface area contributed by atoms with E-state index in [1.54, 1.807) is 10.8 Å². The minimum Gasteiger partial charge on any atom is -0.353 e. The summed E-state index contributed by atoms with van der Waals surface area (Å²) in [6.45, 7) is 3.91. The number of nitrogens with one attached hydrogen (secondary N) is 2. The maximum absolute atomic E-state index is 13.1. The van der Waals surface area contributed by atoms with Gasteiger partial charge in [-0.15, -0.1) is 0 Å². The minimum atomic E-state index is -0.604. The van der Waals surface area contributed by atoms with E-state index in [9.17, 15) is 9.59 Å². The van der Waals surface area contributed by atoms with E-state index in [2.05, 4.69) is 32.8 Å². The van der Waals surface area contributed by atoms with Crippen molar-refractivity contribution in [1.29, 1.82) is 0 Å². The standard InChI is InChI=1S/C25H30N6O3/c1-34-29-24(33)21-16-31(19-9-8-17-6-5-7-18(17)14-19)23-20(22(21)32)15-27-25(28-23)26-10-13-30-11-3-2-4-12-30/h8-9,14-16H,2-7,10-13H2,1H3,(H,29,33)(H,26,27,28). The lowest BCUT2D eigenvalue weighted by Gasteiger charge is -2.26. The third-order valence-electron chi connectivity index (χ3n) is 6.70. The van der Waals surface area contributed by atoms with Crippen LogP contribution in [0, 0.1) is 0 Å². The molecular formula is C25H30N6O3. The first kappa shape index (κ1) is 22.5. The Morgan fingerprint density at radius 1 is 1.12 bits per heavy atom. The molecule has 0 bridgehead atoms. The van der Waals surface area contributed by atoms with Crippen molar-refractivity contribution in [2.75, 3.05) is 38.6 Å². The molecular weight excluding hydrogens is 432 g/mol. The highest BCUT2D eigenvalue weighted by molar-refractivity contribution is 5.96. The van der Waals surface area contributed by atoms with Crippen molar-refractivity contribution in [3.05, 3.63) is 57.5 Å². The van der Waals surface area contributed by atoms with Crippen LogP contribution in [0.25, 0.3) is 16.7 Å². The number of amides is 1. The summed E-state index contributed by atoms with van der Waals surface area (Å²) in [5.41, 5.74) is 5.76. The first-order valence-electron chi connectivity index (χ1n) is 12.0. The van der Waals surface area contributed by atoms with Crippen LogP contribution in [-0.2, 0) is 17.7 Å². The summed E-state index contributed by atoms with van der Waals surface area (Å²) in [5, 5.41) is 3.59. The van der Waals surface area contributed by atoms with E-state index in [4.69, 9.17) is 9.82 Å². The second kappa shape index (κ2) is 9.90. The number of aromatic nitrogens is 3. The summed E-state index contributed by atoms with van der Waals surface area (Å²) in [6.07, 6.45) is 10.1. The molecule has 0 radical (unpaired) electrons. The fourth-order valence-electron chi connectivity index (χ4n) is 4.92. The van der Waals surface area contributed by atoms with Gasteiger partial charge in [-0.3, -0.25) is 14.4 Å². The Morgan fingerprint density at radius 2 is 1.94 bits per heavy atom. The van der Waals surface area contributed by atoms with E-state index in [1.807, 2.05) is 6.07 Å². The highest BCUT2D eigenvalue weighted by atomic mass is 16.6. The number of rotatable bonds is 7. The molecule has 5 rings (SSSR count). The Kier molecular flexibility index (Phi) is 6.55. The number of anilines is 1. The highest BCUT2D eigenvalue weighted by Crippen LogP contribution is 2.26. The van der Waals surface area contributed by atoms with E-state index < -0.39 is 11.3 Å². The third kappa shape index (κ3) is 4.53. The van der Waals surface area contributed by atoms with Crippen LogP contribution < -0.4 is 16.2 Å². The lowest BCUT2D eigenvalue weighted by atomic mass is 10.1. The highest BCUT2D eigenvalue weighted by Gasteiger charge is 2.19. The lowest BCUT2D eigenvalue weighted by molar-refractivity contribution is 0.0536. The van der Waals surface area contributed by atoms with Crippen LogP contribution in [0.2, 0.25) is 0 Å². The first-order chi connectivity index (χ1) is 16.6. The molecule has 1 fully saturated rings. The smallest absolute Gasteiger partial charge is 0.280 e. The summed E-state index contributed by atoms with van der Waals surface area (Å²) in [4.78, 5) is 41.9. The van der Waals surface area contributed by atoms with Gasteiger partial charge in [-0.2, -0.15) is 4.98 Å². The Morgan fingerprint density at radius 3 is 2.76 bits per heavy atom. The quantitative estimate of drug-likeness (QED) is 0.520. The van der Waals surface area contributed by atoms with Crippen LogP contribution in [0.1, 0.15) is 47.2 Å². The molecule has 0 saturated carbocycles. The number of benzene rings is 1. The Bertz CT molecular complexity index is 1270. The van der Waals surface area contributed by atoms with E-state index in [-0.39, 0.29) is 10.9 Å². The molecule has 3 heterocycles. The number of piperidine rings is 1. The molecule has 3 aromatic rings. The zero-order valence-corrected chi connectivity index (χ0v) is 19.5. The number of fused-ring (bicyclic) bond motifs is 2. The monoisotopic (exact) mass is 462 g/mol. The zero-order chi connectivity index (χ0) is 23.5. The number of carbonyl (C=O) groups is 1. The number of hydrogen-bond donors (Lipinski definition) is 2. The van der Waals surface area contributed by atoms with Crippen LogP contribution in [0.15, 0.2) is 35.4 Å². The van der Waals surface area contributed by atoms with Gasteiger partial charge in [0.05, 0.1) is 12.5 Å². The van der Waals surface area contributed by atoms with Crippen molar-refractivity contribution < 1.29 is 9.63 Å². The summed E-state index contributed by atoms with van der Waals surface area (Å²) in [5.74, 6) is -0.138. The minimum absolute atomic E-state index is 0.0238. The molecule has 1 aromatic carbocycles. The van der Waals surface area contributed by atoms with E-state index >= 15 is 0 Å².